The first kappa shape index (κ1) is 19.0. The number of nitrogens with one attached hydrogen (secondary N) is 1. The molecule has 4 nitrogen and oxygen atoms in total. The lowest BCUT2D eigenvalue weighted by Gasteiger charge is -2.24. The number of urea groups is 1. The van der Waals surface area contributed by atoms with Gasteiger partial charge in [0.1, 0.15) is 5.82 Å². The van der Waals surface area contributed by atoms with Gasteiger partial charge in [-0.1, -0.05) is 31.9 Å². The molecular formula is C20H28FN3O. The van der Waals surface area contributed by atoms with Gasteiger partial charge in [-0.25, -0.2) is 9.18 Å². The molecule has 0 aliphatic heterocycles. The topological polar surface area (TPSA) is 37.3 Å². The first-order valence-electron chi connectivity index (χ1n) is 9.05. The number of rotatable bonds is 9. The Hall–Kier alpha value is -2.30. The lowest BCUT2D eigenvalue weighted by atomic mass is 10.2. The van der Waals surface area contributed by atoms with E-state index in [4.69, 9.17) is 0 Å². The number of nitrogens with zero attached hydrogens (tertiary/aromatic N) is 2. The molecule has 25 heavy (non-hydrogen) atoms. The molecule has 1 aromatic heterocycles. The Bertz CT molecular complexity index is 651. The Morgan fingerprint density at radius 2 is 1.92 bits per heavy atom. The SMILES string of the molecule is CCCCCN(Cc1cccn1Cc1ccc(F)cc1)C(=O)NCC. The molecule has 136 valence electrons. The van der Waals surface area contributed by atoms with Crippen LogP contribution in [0.3, 0.4) is 0 Å². The average molecular weight is 345 g/mol. The van der Waals surface area contributed by atoms with Gasteiger partial charge in [0.2, 0.25) is 0 Å². The van der Waals surface area contributed by atoms with Gasteiger partial charge in [-0.3, -0.25) is 0 Å². The van der Waals surface area contributed by atoms with Crippen molar-refractivity contribution in [1.29, 1.82) is 0 Å². The molecule has 0 spiro atoms. The van der Waals surface area contributed by atoms with Crippen LogP contribution in [0, 0.1) is 5.82 Å². The third-order valence-corrected chi connectivity index (χ3v) is 4.19. The summed E-state index contributed by atoms with van der Waals surface area (Å²) in [7, 11) is 0. The predicted octanol–water partition coefficient (Wildman–Crippen LogP) is 4.40. The second kappa shape index (κ2) is 9.87. The van der Waals surface area contributed by atoms with Gasteiger partial charge in [-0.15, -0.1) is 0 Å². The summed E-state index contributed by atoms with van der Waals surface area (Å²) in [6.07, 6.45) is 5.25. The van der Waals surface area contributed by atoms with Crippen molar-refractivity contribution in [2.45, 2.75) is 46.2 Å². The maximum Gasteiger partial charge on any atom is 0.317 e. The van der Waals surface area contributed by atoms with Gasteiger partial charge in [0.05, 0.1) is 6.54 Å². The van der Waals surface area contributed by atoms with E-state index in [2.05, 4.69) is 16.8 Å². The monoisotopic (exact) mass is 345 g/mol. The van der Waals surface area contributed by atoms with E-state index in [1.54, 1.807) is 12.1 Å². The first-order chi connectivity index (χ1) is 12.1. The molecule has 2 aromatic rings. The summed E-state index contributed by atoms with van der Waals surface area (Å²) < 4.78 is 15.2. The Kier molecular flexibility index (Phi) is 7.51. The molecule has 0 atom stereocenters. The zero-order valence-corrected chi connectivity index (χ0v) is 15.2. The van der Waals surface area contributed by atoms with Crippen molar-refractivity contribution in [1.82, 2.24) is 14.8 Å². The molecule has 0 saturated carbocycles. The molecule has 2 amide bonds. The van der Waals surface area contributed by atoms with E-state index in [-0.39, 0.29) is 11.8 Å². The van der Waals surface area contributed by atoms with Crippen molar-refractivity contribution in [3.8, 4) is 0 Å². The molecule has 0 radical (unpaired) electrons. The molecular weight excluding hydrogens is 317 g/mol. The number of amides is 2. The summed E-state index contributed by atoms with van der Waals surface area (Å²) in [5.41, 5.74) is 2.11. The fourth-order valence-corrected chi connectivity index (χ4v) is 2.80. The van der Waals surface area contributed by atoms with Crippen molar-refractivity contribution in [2.24, 2.45) is 0 Å². The third-order valence-electron chi connectivity index (χ3n) is 4.19. The van der Waals surface area contributed by atoms with Crippen LogP contribution in [0.25, 0.3) is 0 Å². The molecule has 5 heteroatoms. The van der Waals surface area contributed by atoms with E-state index < -0.39 is 0 Å². The molecule has 1 aromatic carbocycles. The summed E-state index contributed by atoms with van der Waals surface area (Å²) in [5.74, 6) is -0.227. The fraction of sp³-hybridized carbons (Fsp3) is 0.450. The minimum absolute atomic E-state index is 0.0202. The molecule has 0 aliphatic rings. The highest BCUT2D eigenvalue weighted by molar-refractivity contribution is 5.74. The van der Waals surface area contributed by atoms with Gasteiger partial charge in [0.25, 0.3) is 0 Å². The van der Waals surface area contributed by atoms with E-state index in [0.29, 0.717) is 19.6 Å². The van der Waals surface area contributed by atoms with Crippen molar-refractivity contribution in [3.63, 3.8) is 0 Å². The van der Waals surface area contributed by atoms with Crippen LogP contribution < -0.4 is 5.32 Å². The lowest BCUT2D eigenvalue weighted by Crippen LogP contribution is -2.40. The second-order valence-corrected chi connectivity index (χ2v) is 6.22. The zero-order valence-electron chi connectivity index (χ0n) is 15.2. The number of aromatic nitrogens is 1. The third kappa shape index (κ3) is 5.93. The quantitative estimate of drug-likeness (QED) is 0.672. The number of hydrogen-bond acceptors (Lipinski definition) is 1. The van der Waals surface area contributed by atoms with Crippen molar-refractivity contribution in [2.75, 3.05) is 13.1 Å². The van der Waals surface area contributed by atoms with Crippen LogP contribution >= 0.6 is 0 Å². The van der Waals surface area contributed by atoms with E-state index in [1.807, 2.05) is 30.2 Å². The van der Waals surface area contributed by atoms with Crippen molar-refractivity contribution >= 4 is 6.03 Å². The van der Waals surface area contributed by atoms with Gasteiger partial charge in [-0.05, 0) is 43.2 Å². The normalized spacial score (nSPS) is 10.7. The largest absolute Gasteiger partial charge is 0.345 e. The Labute approximate surface area is 149 Å². The van der Waals surface area contributed by atoms with Gasteiger partial charge in [0, 0.05) is 31.5 Å². The summed E-state index contributed by atoms with van der Waals surface area (Å²) in [5, 5.41) is 2.90. The van der Waals surface area contributed by atoms with Crippen LogP contribution in [-0.4, -0.2) is 28.6 Å². The summed E-state index contributed by atoms with van der Waals surface area (Å²) in [6.45, 7) is 6.70. The van der Waals surface area contributed by atoms with Gasteiger partial charge in [0.15, 0.2) is 0 Å². The van der Waals surface area contributed by atoms with Gasteiger partial charge in [-0.2, -0.15) is 0 Å². The average Bonchev–Trinajstić information content (AvgIpc) is 3.03. The standard InChI is InChI=1S/C20H28FN3O/c1-3-5-6-13-24(20(25)22-4-2)16-19-8-7-14-23(19)15-17-9-11-18(21)12-10-17/h7-12,14H,3-6,13,15-16H2,1-2H3,(H,22,25). The molecule has 1 N–H and O–H groups in total. The molecule has 0 aliphatic carbocycles. The van der Waals surface area contributed by atoms with Gasteiger partial charge < -0.3 is 14.8 Å². The van der Waals surface area contributed by atoms with Crippen molar-refractivity contribution < 1.29 is 9.18 Å². The van der Waals surface area contributed by atoms with E-state index >= 15 is 0 Å². The predicted molar refractivity (Wildman–Crippen MR) is 98.9 cm³/mol. The number of hydrogen-bond donors (Lipinski definition) is 1. The van der Waals surface area contributed by atoms with E-state index in [0.717, 1.165) is 37.1 Å². The summed E-state index contributed by atoms with van der Waals surface area (Å²) in [6, 6.07) is 10.5. The lowest BCUT2D eigenvalue weighted by molar-refractivity contribution is 0.193. The highest BCUT2D eigenvalue weighted by Crippen LogP contribution is 2.12. The number of unbranched alkanes of at least 4 members (excludes halogenated alkanes) is 2. The smallest absolute Gasteiger partial charge is 0.317 e. The number of carbonyl (C=O) groups is 1. The Balaban J connectivity index is 2.06. The maximum absolute atomic E-state index is 13.1. The summed E-state index contributed by atoms with van der Waals surface area (Å²) >= 11 is 0. The minimum atomic E-state index is -0.227. The van der Waals surface area contributed by atoms with Crippen LogP contribution in [0.4, 0.5) is 9.18 Å². The van der Waals surface area contributed by atoms with Gasteiger partial charge >= 0.3 is 6.03 Å². The second-order valence-electron chi connectivity index (χ2n) is 6.22. The number of benzene rings is 1. The van der Waals surface area contributed by atoms with Crippen LogP contribution in [0.2, 0.25) is 0 Å². The Morgan fingerprint density at radius 1 is 1.16 bits per heavy atom. The molecule has 0 fully saturated rings. The number of halogens is 1. The zero-order chi connectivity index (χ0) is 18.1. The summed E-state index contributed by atoms with van der Waals surface area (Å²) in [4.78, 5) is 14.2. The highest BCUT2D eigenvalue weighted by Gasteiger charge is 2.14. The first-order valence-corrected chi connectivity index (χ1v) is 9.05. The minimum Gasteiger partial charge on any atom is -0.345 e. The molecule has 0 unspecified atom stereocenters. The maximum atomic E-state index is 13.1. The van der Waals surface area contributed by atoms with Crippen LogP contribution in [0.15, 0.2) is 42.6 Å². The molecule has 0 bridgehead atoms. The molecule has 1 heterocycles. The molecule has 0 saturated heterocycles. The molecule has 2 rings (SSSR count). The number of carbonyl (C=O) groups excluding carboxylic acids is 1. The van der Waals surface area contributed by atoms with E-state index in [1.165, 1.54) is 12.1 Å². The Morgan fingerprint density at radius 3 is 2.60 bits per heavy atom. The highest BCUT2D eigenvalue weighted by atomic mass is 19.1. The van der Waals surface area contributed by atoms with Crippen LogP contribution in [-0.2, 0) is 13.1 Å². The fourth-order valence-electron chi connectivity index (χ4n) is 2.80. The van der Waals surface area contributed by atoms with Crippen LogP contribution in [0.5, 0.6) is 0 Å². The van der Waals surface area contributed by atoms with Crippen molar-refractivity contribution in [3.05, 3.63) is 59.7 Å². The van der Waals surface area contributed by atoms with Crippen LogP contribution in [0.1, 0.15) is 44.4 Å². The van der Waals surface area contributed by atoms with E-state index in [9.17, 15) is 9.18 Å².